The summed E-state index contributed by atoms with van der Waals surface area (Å²) in [6, 6.07) is 11.7. The molecule has 0 saturated carbocycles. The van der Waals surface area contributed by atoms with Crippen molar-refractivity contribution in [2.75, 3.05) is 6.61 Å². The van der Waals surface area contributed by atoms with E-state index in [0.29, 0.717) is 0 Å². The number of aliphatic hydroxyl groups excluding tert-OH is 1. The normalized spacial score (nSPS) is 10.8. The maximum Gasteiger partial charge on any atom is 0.0929 e. The van der Waals surface area contributed by atoms with E-state index in [-0.39, 0.29) is 6.61 Å². The Hall–Kier alpha value is -2.00. The molecule has 3 nitrogen and oxygen atoms in total. The standard InChI is InChI=1S/C13H12N2O/c16-10-2-3-11-5-7-12(8-6-11)13-4-1-9-14-15-13/h1-9,16H,10H2/b3-2+. The molecule has 1 N–H and O–H groups in total. The van der Waals surface area contributed by atoms with E-state index in [4.69, 9.17) is 5.11 Å². The number of rotatable bonds is 3. The molecule has 1 heterocycles. The Labute approximate surface area is 94.1 Å². The molecule has 0 bridgehead atoms. The van der Waals surface area contributed by atoms with Gasteiger partial charge in [0.05, 0.1) is 12.3 Å². The van der Waals surface area contributed by atoms with Gasteiger partial charge >= 0.3 is 0 Å². The molecule has 16 heavy (non-hydrogen) atoms. The molecule has 0 aliphatic heterocycles. The molecular formula is C13H12N2O. The summed E-state index contributed by atoms with van der Waals surface area (Å²) < 4.78 is 0. The molecule has 2 aromatic rings. The fourth-order valence-corrected chi connectivity index (χ4v) is 1.41. The quantitative estimate of drug-likeness (QED) is 0.847. The van der Waals surface area contributed by atoms with Gasteiger partial charge in [-0.3, -0.25) is 0 Å². The molecule has 1 aromatic carbocycles. The monoisotopic (exact) mass is 212 g/mol. The fourth-order valence-electron chi connectivity index (χ4n) is 1.41. The number of hydrogen-bond donors (Lipinski definition) is 1. The second-order valence-electron chi connectivity index (χ2n) is 3.32. The smallest absolute Gasteiger partial charge is 0.0929 e. The van der Waals surface area contributed by atoms with Crippen LogP contribution in [0.15, 0.2) is 48.7 Å². The van der Waals surface area contributed by atoms with E-state index in [2.05, 4.69) is 10.2 Å². The van der Waals surface area contributed by atoms with Crippen molar-refractivity contribution in [2.24, 2.45) is 0 Å². The SMILES string of the molecule is OC/C=C/c1ccc(-c2cccnn2)cc1. The lowest BCUT2D eigenvalue weighted by Crippen LogP contribution is -1.85. The molecule has 0 unspecified atom stereocenters. The van der Waals surface area contributed by atoms with Crippen LogP contribution in [0.1, 0.15) is 5.56 Å². The average Bonchev–Trinajstić information content (AvgIpc) is 2.38. The third-order valence-corrected chi connectivity index (χ3v) is 2.19. The third kappa shape index (κ3) is 2.52. The number of aromatic nitrogens is 2. The minimum absolute atomic E-state index is 0.0614. The summed E-state index contributed by atoms with van der Waals surface area (Å²) in [7, 11) is 0. The van der Waals surface area contributed by atoms with Gasteiger partial charge in [-0.2, -0.15) is 10.2 Å². The first-order valence-corrected chi connectivity index (χ1v) is 5.05. The molecule has 0 aliphatic carbocycles. The largest absolute Gasteiger partial charge is 0.392 e. The van der Waals surface area contributed by atoms with Gasteiger partial charge in [0.15, 0.2) is 0 Å². The van der Waals surface area contributed by atoms with Crippen molar-refractivity contribution in [3.8, 4) is 11.3 Å². The lowest BCUT2D eigenvalue weighted by molar-refractivity contribution is 0.343. The number of aliphatic hydroxyl groups is 1. The predicted octanol–water partition coefficient (Wildman–Crippen LogP) is 2.15. The van der Waals surface area contributed by atoms with Gasteiger partial charge in [0.25, 0.3) is 0 Å². The Morgan fingerprint density at radius 1 is 1.12 bits per heavy atom. The minimum Gasteiger partial charge on any atom is -0.392 e. The zero-order valence-corrected chi connectivity index (χ0v) is 8.74. The molecule has 3 heteroatoms. The van der Waals surface area contributed by atoms with E-state index in [9.17, 15) is 0 Å². The molecule has 0 spiro atoms. The summed E-state index contributed by atoms with van der Waals surface area (Å²) in [5.74, 6) is 0. The zero-order chi connectivity index (χ0) is 11.2. The molecule has 0 aliphatic rings. The van der Waals surface area contributed by atoms with Crippen LogP contribution < -0.4 is 0 Å². The minimum atomic E-state index is 0.0614. The Morgan fingerprint density at radius 3 is 2.56 bits per heavy atom. The summed E-state index contributed by atoms with van der Waals surface area (Å²) in [5, 5.41) is 16.5. The van der Waals surface area contributed by atoms with Crippen LogP contribution in [0.4, 0.5) is 0 Å². The van der Waals surface area contributed by atoms with Crippen molar-refractivity contribution < 1.29 is 5.11 Å². The molecule has 0 saturated heterocycles. The van der Waals surface area contributed by atoms with Gasteiger partial charge in [0.2, 0.25) is 0 Å². The highest BCUT2D eigenvalue weighted by molar-refractivity contribution is 5.61. The first-order valence-electron chi connectivity index (χ1n) is 5.05. The fraction of sp³-hybridized carbons (Fsp3) is 0.0769. The Kier molecular flexibility index (Phi) is 3.41. The molecular weight excluding hydrogens is 200 g/mol. The van der Waals surface area contributed by atoms with Crippen molar-refractivity contribution in [2.45, 2.75) is 0 Å². The topological polar surface area (TPSA) is 46.0 Å². The van der Waals surface area contributed by atoms with Crippen LogP contribution in [0, 0.1) is 0 Å². The molecule has 1 aromatic heterocycles. The van der Waals surface area contributed by atoms with Crippen LogP contribution in [0.2, 0.25) is 0 Å². The molecule has 0 amide bonds. The van der Waals surface area contributed by atoms with Gasteiger partial charge in [-0.05, 0) is 17.7 Å². The van der Waals surface area contributed by atoms with E-state index in [1.807, 2.05) is 42.5 Å². The predicted molar refractivity (Wildman–Crippen MR) is 63.6 cm³/mol. The van der Waals surface area contributed by atoms with Crippen molar-refractivity contribution in [1.82, 2.24) is 10.2 Å². The number of benzene rings is 1. The van der Waals surface area contributed by atoms with E-state index < -0.39 is 0 Å². The van der Waals surface area contributed by atoms with Crippen molar-refractivity contribution in [3.05, 3.63) is 54.2 Å². The van der Waals surface area contributed by atoms with Gasteiger partial charge in [0, 0.05) is 11.8 Å². The van der Waals surface area contributed by atoms with Crippen molar-refractivity contribution >= 4 is 6.08 Å². The van der Waals surface area contributed by atoms with Crippen LogP contribution in [-0.4, -0.2) is 21.9 Å². The molecule has 0 fully saturated rings. The first kappa shape index (κ1) is 10.5. The van der Waals surface area contributed by atoms with Crippen LogP contribution in [0.25, 0.3) is 17.3 Å². The molecule has 80 valence electrons. The number of nitrogens with zero attached hydrogens (tertiary/aromatic N) is 2. The second-order valence-corrected chi connectivity index (χ2v) is 3.32. The summed E-state index contributed by atoms with van der Waals surface area (Å²) in [4.78, 5) is 0. The highest BCUT2D eigenvalue weighted by Gasteiger charge is 1.97. The highest BCUT2D eigenvalue weighted by Crippen LogP contribution is 2.16. The summed E-state index contributed by atoms with van der Waals surface area (Å²) >= 11 is 0. The van der Waals surface area contributed by atoms with Crippen LogP contribution in [-0.2, 0) is 0 Å². The molecule has 2 rings (SSSR count). The van der Waals surface area contributed by atoms with Crippen molar-refractivity contribution in [3.63, 3.8) is 0 Å². The van der Waals surface area contributed by atoms with Crippen LogP contribution >= 0.6 is 0 Å². The Bertz CT molecular complexity index is 463. The summed E-state index contributed by atoms with van der Waals surface area (Å²) in [5.41, 5.74) is 2.95. The van der Waals surface area contributed by atoms with Crippen LogP contribution in [0.5, 0.6) is 0 Å². The molecule has 0 radical (unpaired) electrons. The average molecular weight is 212 g/mol. The summed E-state index contributed by atoms with van der Waals surface area (Å²) in [6.07, 6.45) is 5.24. The van der Waals surface area contributed by atoms with Gasteiger partial charge in [-0.25, -0.2) is 0 Å². The first-order chi connectivity index (χ1) is 7.90. The Morgan fingerprint density at radius 2 is 1.94 bits per heavy atom. The van der Waals surface area contributed by atoms with E-state index in [1.54, 1.807) is 12.3 Å². The van der Waals surface area contributed by atoms with Crippen molar-refractivity contribution in [1.29, 1.82) is 0 Å². The highest BCUT2D eigenvalue weighted by atomic mass is 16.2. The lowest BCUT2D eigenvalue weighted by atomic mass is 10.1. The maximum absolute atomic E-state index is 8.66. The van der Waals surface area contributed by atoms with E-state index in [0.717, 1.165) is 16.8 Å². The van der Waals surface area contributed by atoms with Gasteiger partial charge in [-0.1, -0.05) is 36.4 Å². The van der Waals surface area contributed by atoms with Gasteiger partial charge < -0.3 is 5.11 Å². The van der Waals surface area contributed by atoms with Gasteiger partial charge in [-0.15, -0.1) is 0 Å². The van der Waals surface area contributed by atoms with Crippen LogP contribution in [0.3, 0.4) is 0 Å². The lowest BCUT2D eigenvalue weighted by Gasteiger charge is -1.99. The second kappa shape index (κ2) is 5.19. The third-order valence-electron chi connectivity index (χ3n) is 2.19. The van der Waals surface area contributed by atoms with E-state index in [1.165, 1.54) is 0 Å². The molecule has 0 atom stereocenters. The maximum atomic E-state index is 8.66. The summed E-state index contributed by atoms with van der Waals surface area (Å²) in [6.45, 7) is 0.0614. The van der Waals surface area contributed by atoms with E-state index >= 15 is 0 Å². The Balaban J connectivity index is 2.23. The zero-order valence-electron chi connectivity index (χ0n) is 8.74. The van der Waals surface area contributed by atoms with Gasteiger partial charge in [0.1, 0.15) is 0 Å². The number of hydrogen-bond acceptors (Lipinski definition) is 3.